The maximum Gasteiger partial charge on any atom is 0.303 e. The topological polar surface area (TPSA) is 634 Å². The van der Waals surface area contributed by atoms with E-state index in [2.05, 4.69) is 67.8 Å². The van der Waals surface area contributed by atoms with E-state index in [1.165, 1.54) is 69.8 Å². The van der Waals surface area contributed by atoms with Gasteiger partial charge in [-0.1, -0.05) is 88.1 Å². The van der Waals surface area contributed by atoms with Gasteiger partial charge in [0.1, 0.15) is 78.3 Å². The van der Waals surface area contributed by atoms with Crippen LogP contribution in [0.2, 0.25) is 0 Å². The van der Waals surface area contributed by atoms with Crippen LogP contribution >= 0.6 is 11.8 Å². The second-order valence-corrected chi connectivity index (χ2v) is 34.6. The molecule has 6 aromatic rings. The Balaban J connectivity index is 1.09. The minimum absolute atomic E-state index is 0.00105. The number of rotatable bonds is 25. The SMILES string of the molecule is CCCC[C@H]1C(=O)N(C)[C@@H](CCCC)C(=O)N[C@@H](CCN)C(=O)N[C@H](C(=O)NCC(N)=O)CSCC(=O)N[C@@H](Cc2ccc(O)cc2)C(=O)N(C)[C@@H](C)C(=O)N[C@@H](CCN)C(=O)N2CCC[C@H]2C(=O)N[C@@H](Cc2c[nH]cn2)C(=O)N[C@@H](CCC(=O)O)C(=O)N2C[C@H](O)C[C@H]2C(=O)C[C@@H](Cc2c[nH]c3ccccc23)C(=O)N[C@@H](CO)C(=O)N[C@@H](Cc2c[nH]c3ccccc23)C(=O)N1C. The summed E-state index contributed by atoms with van der Waals surface area (Å²) in [5, 5.41) is 67.8. The monoisotopic (exact) mass is 1850 g/mol. The average molecular weight is 1860 g/mol. The molecule has 9 rings (SSSR count). The third-order valence-corrected chi connectivity index (χ3v) is 25.1. The first kappa shape index (κ1) is 103. The summed E-state index contributed by atoms with van der Waals surface area (Å²) in [4.78, 5) is 267. The van der Waals surface area contributed by atoms with Crippen LogP contribution in [0.1, 0.15) is 133 Å². The van der Waals surface area contributed by atoms with E-state index in [4.69, 9.17) is 17.2 Å². The summed E-state index contributed by atoms with van der Waals surface area (Å²) < 4.78 is 0. The Morgan fingerprint density at radius 1 is 0.561 bits per heavy atom. The summed E-state index contributed by atoms with van der Waals surface area (Å²) in [6.07, 6.45) is 2.34. The maximum atomic E-state index is 15.7. The number of nitrogens with zero attached hydrogens (tertiary/aromatic N) is 6. The van der Waals surface area contributed by atoms with E-state index in [1.54, 1.807) is 60.9 Å². The van der Waals surface area contributed by atoms with Crippen LogP contribution in [0.15, 0.2) is 97.7 Å². The van der Waals surface area contributed by atoms with E-state index >= 15 is 38.4 Å². The van der Waals surface area contributed by atoms with Gasteiger partial charge < -0.3 is 125 Å². The van der Waals surface area contributed by atoms with Crippen molar-refractivity contribution in [1.29, 1.82) is 0 Å². The number of imidazole rings is 1. The molecule has 0 aliphatic carbocycles. The molecule has 43 heteroatoms. The number of thioether (sulfide) groups is 1. The molecule has 42 nitrogen and oxygen atoms in total. The molecule has 3 aliphatic heterocycles. The van der Waals surface area contributed by atoms with Crippen LogP contribution in [-0.4, -0.2) is 322 Å². The van der Waals surface area contributed by atoms with Crippen LogP contribution < -0.4 is 65.1 Å². The third-order valence-electron chi connectivity index (χ3n) is 24.1. The highest BCUT2D eigenvalue weighted by atomic mass is 32.2. The van der Waals surface area contributed by atoms with Gasteiger partial charge in [-0.05, 0) is 112 Å². The Hall–Kier alpha value is -12.9. The Bertz CT molecular complexity index is 5070. The fraction of sp³-hybridized carbons (Fsp3) is 0.528. The van der Waals surface area contributed by atoms with Crippen molar-refractivity contribution >= 4 is 134 Å². The number of hydrogen-bond acceptors (Lipinski definition) is 24. The van der Waals surface area contributed by atoms with E-state index in [9.17, 15) is 63.6 Å². The zero-order chi connectivity index (χ0) is 96.2. The second kappa shape index (κ2) is 49.4. The van der Waals surface area contributed by atoms with E-state index in [1.807, 2.05) is 13.8 Å². The molecular formula is C89H123N21O21S. The summed E-state index contributed by atoms with van der Waals surface area (Å²) in [5.41, 5.74) is 20.5. The number of aliphatic carboxylic acids is 1. The number of fused-ring (bicyclic) bond motifs is 4. The molecule has 6 heterocycles. The third kappa shape index (κ3) is 27.9. The lowest BCUT2D eigenvalue weighted by Crippen LogP contribution is -2.61. The number of carboxylic acids is 1. The molecule has 3 aromatic heterocycles. The largest absolute Gasteiger partial charge is 0.508 e. The van der Waals surface area contributed by atoms with E-state index in [0.717, 1.165) is 31.4 Å². The summed E-state index contributed by atoms with van der Waals surface area (Å²) in [7, 11) is 3.95. The smallest absolute Gasteiger partial charge is 0.303 e. The van der Waals surface area contributed by atoms with Crippen LogP contribution in [-0.2, 0) is 107 Å². The van der Waals surface area contributed by atoms with Gasteiger partial charge in [-0.15, -0.1) is 11.8 Å². The van der Waals surface area contributed by atoms with Crippen molar-refractivity contribution < 1.29 is 102 Å². The molecule has 0 saturated carbocycles. The number of aromatic amines is 3. The molecule has 0 bridgehead atoms. The Morgan fingerprint density at radius 3 is 1.73 bits per heavy atom. The Labute approximate surface area is 766 Å². The lowest BCUT2D eigenvalue weighted by atomic mass is 9.90. The highest BCUT2D eigenvalue weighted by Crippen LogP contribution is 2.30. The normalized spacial score (nSPS) is 25.1. The number of H-pyrrole nitrogens is 3. The number of hydrogen-bond donors (Lipinski definition) is 19. The molecule has 15 atom stereocenters. The number of carboxylic acid groups (broad SMARTS) is 1. The van der Waals surface area contributed by atoms with Gasteiger partial charge in [0, 0.05) is 125 Å². The van der Waals surface area contributed by atoms with Gasteiger partial charge in [0.2, 0.25) is 88.6 Å². The molecule has 3 aromatic carbocycles. The van der Waals surface area contributed by atoms with Gasteiger partial charge in [0.05, 0.1) is 43.1 Å². The molecule has 0 unspecified atom stereocenters. The molecule has 0 radical (unpaired) electrons. The number of aliphatic hydroxyl groups excluding tert-OH is 2. The number of amides is 15. The van der Waals surface area contributed by atoms with Gasteiger partial charge in [0.25, 0.3) is 0 Å². The number of carbonyl (C=O) groups excluding carboxylic acids is 16. The predicted molar refractivity (Wildman–Crippen MR) is 483 cm³/mol. The first-order valence-electron chi connectivity index (χ1n) is 44.3. The van der Waals surface area contributed by atoms with Crippen LogP contribution in [0.3, 0.4) is 0 Å². The van der Waals surface area contributed by atoms with Crippen LogP contribution in [0.5, 0.6) is 5.75 Å². The highest BCUT2D eigenvalue weighted by Gasteiger charge is 2.47. The van der Waals surface area contributed by atoms with Crippen molar-refractivity contribution in [3.8, 4) is 5.75 Å². The Morgan fingerprint density at radius 2 is 1.11 bits per heavy atom. The number of nitrogens with one attached hydrogen (secondary N) is 12. The van der Waals surface area contributed by atoms with Gasteiger partial charge in [0.15, 0.2) is 5.78 Å². The van der Waals surface area contributed by atoms with Crippen molar-refractivity contribution in [2.45, 2.75) is 221 Å². The molecule has 716 valence electrons. The quantitative estimate of drug-likeness (QED) is 0.0283. The van der Waals surface area contributed by atoms with Crippen molar-refractivity contribution in [1.82, 2.24) is 92.3 Å². The number of unbranched alkanes of at least 4 members (excludes halogenated alkanes) is 2. The molecule has 3 aliphatic rings. The molecular weight excluding hydrogens is 1730 g/mol. The Kier molecular flexibility index (Phi) is 38.5. The lowest BCUT2D eigenvalue weighted by molar-refractivity contribution is -0.149. The number of para-hydroxylation sites is 2. The van der Waals surface area contributed by atoms with Gasteiger partial charge in [-0.25, -0.2) is 4.98 Å². The fourth-order valence-corrected chi connectivity index (χ4v) is 17.4. The van der Waals surface area contributed by atoms with Gasteiger partial charge in [-0.3, -0.25) is 81.5 Å². The predicted octanol–water partition coefficient (Wildman–Crippen LogP) is -2.46. The van der Waals surface area contributed by atoms with E-state index in [-0.39, 0.29) is 95.3 Å². The van der Waals surface area contributed by atoms with Crippen molar-refractivity contribution in [3.63, 3.8) is 0 Å². The molecule has 15 amide bonds. The number of aromatic hydroxyl groups is 1. The molecule has 3 saturated heterocycles. The summed E-state index contributed by atoms with van der Waals surface area (Å²) in [5.74, 6) is -18.5. The van der Waals surface area contributed by atoms with Crippen LogP contribution in [0, 0.1) is 5.92 Å². The number of ketones is 1. The number of phenols is 1. The fourth-order valence-electron chi connectivity index (χ4n) is 16.6. The first-order valence-corrected chi connectivity index (χ1v) is 45.5. The minimum atomic E-state index is -1.88. The minimum Gasteiger partial charge on any atom is -0.508 e. The summed E-state index contributed by atoms with van der Waals surface area (Å²) in [6, 6.07) is -0.251. The number of nitrogens with two attached hydrogens (primary N) is 3. The highest BCUT2D eigenvalue weighted by molar-refractivity contribution is 8.00. The standard InChI is InChI=1S/C89H123N21O21S/c1-7-9-20-69-83(125)99-61(29-31-90)80(122)105-68(79(121)96-43-74(92)115)46-132-47-75(116)98-65(34-50-23-25-55(112)26-24-50)85(127)106(4)49(3)77(119)100-63(30-32-91)87(129)109-33-15-22-70(109)84(126)102-64(38-54-42-93-48-97-54)81(123)101-62(27-28-76(117)118)88(130)110-44-56(113)39-72(110)73(114)37-51(35-52-40-94-59-18-13-11-16-57(52)59)78(120)104-67(45-111)82(124)103-66(36-53-41-95-60-19-14-12-17-58(53)60)86(128)108(6)71(21-10-8-2)89(131)107(69)5/h11-14,16-19,23-26,40-42,48-49,51,56,61-72,94-95,111-113H,7-10,15,20-22,27-39,43-47,90-91H2,1-6H3,(H2,92,115)(H,93,97)(H,96,121)(H,98,116)(H,99,125)(H,100,119)(H,101,123)(H,102,126)(H,103,124)(H,104,120)(H,105,122)(H,117,118)/t49-,51+,56+,61-,62-,63-,64-,65-,66-,67-,68-,69-,70-,71-,72-/m0/s1. The number of likely N-dealkylation sites (N-methyl/N-ethyl adjacent to an activating group) is 3. The zero-order valence-corrected chi connectivity index (χ0v) is 75.7. The van der Waals surface area contributed by atoms with Gasteiger partial charge in [-0.2, -0.15) is 0 Å². The van der Waals surface area contributed by atoms with Crippen molar-refractivity contribution in [2.75, 3.05) is 72.0 Å². The maximum absolute atomic E-state index is 15.7. The number of carbonyl (C=O) groups is 17. The number of aliphatic hydroxyl groups is 2. The van der Waals surface area contributed by atoms with Crippen LogP contribution in [0.25, 0.3) is 21.8 Å². The van der Waals surface area contributed by atoms with E-state index < -0.39 is 248 Å². The first-order chi connectivity index (χ1) is 63.1. The second-order valence-electron chi connectivity index (χ2n) is 33.6. The number of aromatic nitrogens is 4. The van der Waals surface area contributed by atoms with Gasteiger partial charge >= 0.3 is 5.97 Å². The number of primary amides is 1. The number of Topliss-reactive ketones (excluding diaryl/α,β-unsaturated/α-hetero) is 1. The molecule has 22 N–H and O–H groups in total. The summed E-state index contributed by atoms with van der Waals surface area (Å²) >= 11 is 0.785. The molecule has 0 spiro atoms. The number of benzene rings is 3. The summed E-state index contributed by atoms with van der Waals surface area (Å²) in [6.45, 7) is 2.19. The number of phenolic OH excluding ortho intramolecular Hbond substituents is 1. The zero-order valence-electron chi connectivity index (χ0n) is 74.8. The average Bonchev–Trinajstić information content (AvgIpc) is 1.66. The van der Waals surface area contributed by atoms with Crippen molar-refractivity contribution in [2.24, 2.45) is 23.1 Å². The molecule has 3 fully saturated rings. The van der Waals surface area contributed by atoms with Crippen molar-refractivity contribution in [3.05, 3.63) is 120 Å². The van der Waals surface area contributed by atoms with E-state index in [0.29, 0.717) is 64.2 Å². The molecule has 132 heavy (non-hydrogen) atoms. The van der Waals surface area contributed by atoms with Crippen LogP contribution in [0.4, 0.5) is 0 Å². The lowest BCUT2D eigenvalue weighted by Gasteiger charge is -2.36.